The molecule has 0 unspecified atom stereocenters. The van der Waals surface area contributed by atoms with Gasteiger partial charge in [-0.25, -0.2) is 0 Å². The number of piperidine rings is 1. The molecule has 2 atom stereocenters. The summed E-state index contributed by atoms with van der Waals surface area (Å²) in [7, 11) is 1.43. The summed E-state index contributed by atoms with van der Waals surface area (Å²) in [5, 5.41) is 0. The van der Waals surface area contributed by atoms with Gasteiger partial charge in [-0.2, -0.15) is 0 Å². The minimum atomic E-state index is -0.155. The van der Waals surface area contributed by atoms with Gasteiger partial charge in [-0.3, -0.25) is 9.59 Å². The third kappa shape index (κ3) is 2.50. The highest BCUT2D eigenvalue weighted by Gasteiger charge is 2.34. The maximum absolute atomic E-state index is 11.9. The lowest BCUT2D eigenvalue weighted by atomic mass is 9.83. The Bertz CT molecular complexity index is 566. The van der Waals surface area contributed by atoms with E-state index in [0.29, 0.717) is 18.3 Å². The number of carbonyl (C=O) groups is 1. The molecule has 0 aliphatic carbocycles. The van der Waals surface area contributed by atoms with Gasteiger partial charge < -0.3 is 14.2 Å². The molecular formula is C15H20N2O3. The van der Waals surface area contributed by atoms with Crippen molar-refractivity contribution in [3.63, 3.8) is 0 Å². The maximum Gasteiger partial charge on any atom is 0.306 e. The Morgan fingerprint density at radius 2 is 2.20 bits per heavy atom. The molecule has 3 heterocycles. The van der Waals surface area contributed by atoms with Crippen molar-refractivity contribution in [1.82, 2.24) is 9.47 Å². The molecule has 5 heteroatoms. The van der Waals surface area contributed by atoms with E-state index >= 15 is 0 Å². The van der Waals surface area contributed by atoms with E-state index in [-0.39, 0.29) is 11.5 Å². The van der Waals surface area contributed by atoms with Crippen molar-refractivity contribution >= 4 is 5.97 Å². The number of likely N-dealkylation sites (tertiary alicyclic amines) is 1. The van der Waals surface area contributed by atoms with Crippen LogP contribution in [0, 0.1) is 5.92 Å². The van der Waals surface area contributed by atoms with Crippen molar-refractivity contribution in [3.05, 3.63) is 34.2 Å². The molecule has 108 valence electrons. The number of carbonyl (C=O) groups excluding carboxylic acids is 1. The van der Waals surface area contributed by atoms with E-state index in [1.54, 1.807) is 6.07 Å². The molecule has 20 heavy (non-hydrogen) atoms. The van der Waals surface area contributed by atoms with Gasteiger partial charge >= 0.3 is 5.97 Å². The van der Waals surface area contributed by atoms with Gasteiger partial charge in [-0.05, 0) is 18.4 Å². The fraction of sp³-hybridized carbons (Fsp3) is 0.600. The average molecular weight is 276 g/mol. The van der Waals surface area contributed by atoms with E-state index in [4.69, 9.17) is 4.74 Å². The topological polar surface area (TPSA) is 51.5 Å². The smallest absolute Gasteiger partial charge is 0.306 e. The van der Waals surface area contributed by atoms with E-state index in [2.05, 4.69) is 11.0 Å². The third-order valence-corrected chi connectivity index (χ3v) is 4.42. The lowest BCUT2D eigenvalue weighted by molar-refractivity contribution is -0.141. The fourth-order valence-electron chi connectivity index (χ4n) is 3.53. The van der Waals surface area contributed by atoms with Crippen LogP contribution in [0.3, 0.4) is 0 Å². The molecule has 1 fully saturated rings. The molecule has 1 aromatic rings. The van der Waals surface area contributed by atoms with Crippen LogP contribution in [0.15, 0.2) is 23.0 Å². The summed E-state index contributed by atoms with van der Waals surface area (Å²) in [6.07, 6.45) is 1.59. The standard InChI is InChI=1S/C15H20N2O3/c1-20-15(19)5-6-16-8-11-7-12(10-16)13-3-2-4-14(18)17(13)9-11/h2-4,11-12H,5-10H2,1H3/t11-,12-/m1/s1. The highest BCUT2D eigenvalue weighted by atomic mass is 16.5. The zero-order valence-corrected chi connectivity index (χ0v) is 11.7. The Balaban J connectivity index is 1.74. The second-order valence-electron chi connectivity index (χ2n) is 5.78. The Morgan fingerprint density at radius 3 is 3.00 bits per heavy atom. The summed E-state index contributed by atoms with van der Waals surface area (Å²) in [5.74, 6) is 0.769. The monoisotopic (exact) mass is 276 g/mol. The molecule has 5 nitrogen and oxygen atoms in total. The van der Waals surface area contributed by atoms with Crippen LogP contribution < -0.4 is 5.56 Å². The maximum atomic E-state index is 11.9. The van der Waals surface area contributed by atoms with Gasteiger partial charge in [0.25, 0.3) is 5.56 Å². The van der Waals surface area contributed by atoms with Crippen LogP contribution in [0.25, 0.3) is 0 Å². The molecule has 2 aliphatic rings. The first-order chi connectivity index (χ1) is 9.67. The van der Waals surface area contributed by atoms with Crippen molar-refractivity contribution in [1.29, 1.82) is 0 Å². The lowest BCUT2D eigenvalue weighted by Gasteiger charge is -2.42. The molecular weight excluding hydrogens is 256 g/mol. The fourth-order valence-corrected chi connectivity index (χ4v) is 3.53. The second kappa shape index (κ2) is 5.40. The predicted molar refractivity (Wildman–Crippen MR) is 74.6 cm³/mol. The van der Waals surface area contributed by atoms with Crippen LogP contribution in [-0.4, -0.2) is 42.2 Å². The zero-order chi connectivity index (χ0) is 14.1. The van der Waals surface area contributed by atoms with Gasteiger partial charge in [0.1, 0.15) is 0 Å². The molecule has 0 aromatic carbocycles. The van der Waals surface area contributed by atoms with Gasteiger partial charge in [-0.1, -0.05) is 6.07 Å². The van der Waals surface area contributed by atoms with E-state index in [9.17, 15) is 9.59 Å². The first-order valence-corrected chi connectivity index (χ1v) is 7.16. The molecule has 2 bridgehead atoms. The van der Waals surface area contributed by atoms with Crippen molar-refractivity contribution < 1.29 is 9.53 Å². The quantitative estimate of drug-likeness (QED) is 0.767. The molecule has 0 saturated carbocycles. The zero-order valence-electron chi connectivity index (χ0n) is 11.7. The van der Waals surface area contributed by atoms with Crippen LogP contribution >= 0.6 is 0 Å². The number of ether oxygens (including phenoxy) is 1. The van der Waals surface area contributed by atoms with E-state index < -0.39 is 0 Å². The van der Waals surface area contributed by atoms with Crippen molar-refractivity contribution in [2.75, 3.05) is 26.7 Å². The second-order valence-corrected chi connectivity index (χ2v) is 5.78. The third-order valence-electron chi connectivity index (χ3n) is 4.42. The Hall–Kier alpha value is -1.62. The van der Waals surface area contributed by atoms with Gasteiger partial charge in [0.15, 0.2) is 0 Å². The number of fused-ring (bicyclic) bond motifs is 4. The van der Waals surface area contributed by atoms with Crippen LogP contribution in [0.2, 0.25) is 0 Å². The van der Waals surface area contributed by atoms with E-state index in [0.717, 1.165) is 38.3 Å². The molecule has 0 N–H and O–H groups in total. The Kier molecular flexibility index (Phi) is 3.61. The molecule has 2 aliphatic heterocycles. The largest absolute Gasteiger partial charge is 0.469 e. The van der Waals surface area contributed by atoms with Gasteiger partial charge in [0.05, 0.1) is 13.5 Å². The Labute approximate surface area is 118 Å². The van der Waals surface area contributed by atoms with Crippen LogP contribution in [0.5, 0.6) is 0 Å². The number of hydrogen-bond donors (Lipinski definition) is 0. The van der Waals surface area contributed by atoms with Gasteiger partial charge in [-0.15, -0.1) is 0 Å². The molecule has 0 spiro atoms. The number of hydrogen-bond acceptors (Lipinski definition) is 4. The number of pyridine rings is 1. The SMILES string of the molecule is COC(=O)CCN1C[C@H]2C[C@H](C1)c1cccc(=O)n1C2. The average Bonchev–Trinajstić information content (AvgIpc) is 2.46. The van der Waals surface area contributed by atoms with Crippen molar-refractivity contribution in [3.8, 4) is 0 Å². The summed E-state index contributed by atoms with van der Waals surface area (Å²) >= 11 is 0. The number of nitrogens with zero attached hydrogens (tertiary/aromatic N) is 2. The summed E-state index contributed by atoms with van der Waals surface area (Å²) in [6, 6.07) is 5.55. The van der Waals surface area contributed by atoms with E-state index in [1.807, 2.05) is 10.6 Å². The number of rotatable bonds is 3. The van der Waals surface area contributed by atoms with E-state index in [1.165, 1.54) is 7.11 Å². The van der Waals surface area contributed by atoms with Gasteiger partial charge in [0, 0.05) is 43.9 Å². The molecule has 0 amide bonds. The normalized spacial score (nSPS) is 25.1. The van der Waals surface area contributed by atoms with Crippen LogP contribution in [0.4, 0.5) is 0 Å². The first kappa shape index (κ1) is 13.4. The summed E-state index contributed by atoms with van der Waals surface area (Å²) in [6.45, 7) is 3.45. The molecule has 1 aromatic heterocycles. The van der Waals surface area contributed by atoms with Crippen molar-refractivity contribution in [2.45, 2.75) is 25.3 Å². The number of methoxy groups -OCH3 is 1. The van der Waals surface area contributed by atoms with Crippen molar-refractivity contribution in [2.24, 2.45) is 5.92 Å². The minimum Gasteiger partial charge on any atom is -0.469 e. The molecule has 3 rings (SSSR count). The predicted octanol–water partition coefficient (Wildman–Crippen LogP) is 0.830. The number of esters is 1. The first-order valence-electron chi connectivity index (χ1n) is 7.16. The number of aromatic nitrogens is 1. The highest BCUT2D eigenvalue weighted by molar-refractivity contribution is 5.69. The lowest BCUT2D eigenvalue weighted by Crippen LogP contribution is -2.47. The summed E-state index contributed by atoms with van der Waals surface area (Å²) in [4.78, 5) is 25.5. The Morgan fingerprint density at radius 1 is 1.35 bits per heavy atom. The molecule has 0 radical (unpaired) electrons. The summed E-state index contributed by atoms with van der Waals surface area (Å²) in [5.41, 5.74) is 1.26. The van der Waals surface area contributed by atoms with Gasteiger partial charge in [0.2, 0.25) is 0 Å². The van der Waals surface area contributed by atoms with Crippen LogP contribution in [-0.2, 0) is 16.1 Å². The highest BCUT2D eigenvalue weighted by Crippen LogP contribution is 2.34. The van der Waals surface area contributed by atoms with Crippen LogP contribution in [0.1, 0.15) is 24.5 Å². The minimum absolute atomic E-state index is 0.111. The molecule has 1 saturated heterocycles. The summed E-state index contributed by atoms with van der Waals surface area (Å²) < 4.78 is 6.62.